The Morgan fingerprint density at radius 3 is 1.16 bits per heavy atom. The first-order chi connectivity index (χ1) is 30.2. The lowest BCUT2D eigenvalue weighted by Gasteiger charge is -2.18. The monoisotopic (exact) mass is 777 g/mol. The molecule has 0 atom stereocenters. The first-order valence-corrected chi connectivity index (χ1v) is 20.7. The number of nitrogens with zero attached hydrogens (tertiary/aromatic N) is 3. The number of hydrogen-bond donors (Lipinski definition) is 0. The molecule has 0 radical (unpaired) electrons. The van der Waals surface area contributed by atoms with Crippen molar-refractivity contribution in [1.29, 1.82) is 0 Å². The molecule has 3 nitrogen and oxygen atoms in total. The summed E-state index contributed by atoms with van der Waals surface area (Å²) in [6.45, 7) is 0. The summed E-state index contributed by atoms with van der Waals surface area (Å²) in [6.07, 6.45) is 3.67. The molecule has 8 aromatic carbocycles. The van der Waals surface area contributed by atoms with E-state index in [2.05, 4.69) is 228 Å². The van der Waals surface area contributed by atoms with Gasteiger partial charge in [0.05, 0.1) is 22.4 Å². The SMILES string of the molecule is c1ccc(-c2cc(-c3cccc(-c4cccnc4)n3)cc(-n3c4c(-c5ccccc5)cc(-c5ccccc5)cc4c4cc(-c5ccccc5)cc(-c5ccccc5)c43)c2)cc1. The van der Waals surface area contributed by atoms with Gasteiger partial charge in [0.25, 0.3) is 0 Å². The van der Waals surface area contributed by atoms with Crippen LogP contribution in [0.4, 0.5) is 0 Å². The molecule has 3 aromatic heterocycles. The molecule has 0 aliphatic carbocycles. The fourth-order valence-electron chi connectivity index (χ4n) is 8.76. The quantitative estimate of drug-likeness (QED) is 0.154. The summed E-state index contributed by atoms with van der Waals surface area (Å²) < 4.78 is 2.53. The highest BCUT2D eigenvalue weighted by atomic mass is 15.0. The lowest BCUT2D eigenvalue weighted by Crippen LogP contribution is -2.00. The van der Waals surface area contributed by atoms with Gasteiger partial charge >= 0.3 is 0 Å². The molecule has 0 bridgehead atoms. The van der Waals surface area contributed by atoms with Gasteiger partial charge < -0.3 is 4.57 Å². The molecule has 286 valence electrons. The summed E-state index contributed by atoms with van der Waals surface area (Å²) in [5, 5.41) is 2.38. The summed E-state index contributed by atoms with van der Waals surface area (Å²) in [4.78, 5) is 9.66. The van der Waals surface area contributed by atoms with Crippen LogP contribution in [-0.4, -0.2) is 14.5 Å². The summed E-state index contributed by atoms with van der Waals surface area (Å²) >= 11 is 0. The van der Waals surface area contributed by atoms with Crippen molar-refractivity contribution in [2.45, 2.75) is 0 Å². The molecule has 0 fully saturated rings. The van der Waals surface area contributed by atoms with E-state index >= 15 is 0 Å². The standard InChI is InChI=1S/C58H39N3/c1-6-18-40(19-7-1)46-32-49(56-30-16-29-55(60-56)45-28-17-31-59-39-45)34-50(33-46)61-57-51(43-24-12-4-13-25-43)35-47(41-20-8-2-9-21-41)37-53(57)54-38-48(42-22-10-3-11-23-42)36-52(58(54)61)44-26-14-5-15-27-44/h1-39H. The van der Waals surface area contributed by atoms with Crippen molar-refractivity contribution in [3.8, 4) is 83.8 Å². The topological polar surface area (TPSA) is 30.7 Å². The van der Waals surface area contributed by atoms with Crippen LogP contribution in [0, 0.1) is 0 Å². The maximum absolute atomic E-state index is 5.27. The minimum Gasteiger partial charge on any atom is -0.308 e. The number of benzene rings is 8. The van der Waals surface area contributed by atoms with E-state index < -0.39 is 0 Å². The molecule has 11 aromatic rings. The fourth-order valence-corrected chi connectivity index (χ4v) is 8.76. The molecule has 0 amide bonds. The van der Waals surface area contributed by atoms with E-state index in [0.717, 1.165) is 72.6 Å². The average molecular weight is 778 g/mol. The average Bonchev–Trinajstić information content (AvgIpc) is 3.69. The van der Waals surface area contributed by atoms with Gasteiger partial charge in [0.15, 0.2) is 0 Å². The van der Waals surface area contributed by atoms with Crippen LogP contribution in [0.25, 0.3) is 106 Å². The van der Waals surface area contributed by atoms with Crippen LogP contribution in [-0.2, 0) is 0 Å². The van der Waals surface area contributed by atoms with Crippen molar-refractivity contribution in [3.63, 3.8) is 0 Å². The Labute approximate surface area is 355 Å². The van der Waals surface area contributed by atoms with Crippen LogP contribution < -0.4 is 0 Å². The Morgan fingerprint density at radius 2 is 0.705 bits per heavy atom. The van der Waals surface area contributed by atoms with Crippen molar-refractivity contribution in [2.24, 2.45) is 0 Å². The second-order valence-corrected chi connectivity index (χ2v) is 15.4. The molecule has 3 heteroatoms. The van der Waals surface area contributed by atoms with Gasteiger partial charge in [-0.15, -0.1) is 0 Å². The maximum atomic E-state index is 5.27. The Bertz CT molecular complexity index is 3170. The van der Waals surface area contributed by atoms with Crippen LogP contribution in [0.2, 0.25) is 0 Å². The zero-order valence-electron chi connectivity index (χ0n) is 33.4. The van der Waals surface area contributed by atoms with Crippen LogP contribution in [0.15, 0.2) is 237 Å². The molecule has 0 aliphatic heterocycles. The van der Waals surface area contributed by atoms with Gasteiger partial charge in [-0.2, -0.15) is 0 Å². The minimum absolute atomic E-state index is 0.883. The Balaban J connectivity index is 1.30. The van der Waals surface area contributed by atoms with E-state index in [4.69, 9.17) is 4.98 Å². The molecule has 0 saturated carbocycles. The first kappa shape index (κ1) is 36.0. The van der Waals surface area contributed by atoms with Gasteiger partial charge in [-0.05, 0) is 111 Å². The normalized spacial score (nSPS) is 11.3. The third kappa shape index (κ3) is 6.78. The lowest BCUT2D eigenvalue weighted by atomic mass is 9.93. The third-order valence-electron chi connectivity index (χ3n) is 11.6. The molecule has 61 heavy (non-hydrogen) atoms. The second kappa shape index (κ2) is 15.6. The highest BCUT2D eigenvalue weighted by molar-refractivity contribution is 6.19. The number of pyridine rings is 2. The predicted molar refractivity (Wildman–Crippen MR) is 254 cm³/mol. The van der Waals surface area contributed by atoms with Crippen molar-refractivity contribution >= 4 is 21.8 Å². The van der Waals surface area contributed by atoms with E-state index in [1.807, 2.05) is 12.3 Å². The first-order valence-electron chi connectivity index (χ1n) is 20.7. The van der Waals surface area contributed by atoms with Gasteiger partial charge in [-0.1, -0.05) is 158 Å². The Hall–Kier alpha value is -8.14. The van der Waals surface area contributed by atoms with Gasteiger partial charge in [-0.25, -0.2) is 4.98 Å². The molecule has 3 heterocycles. The van der Waals surface area contributed by atoms with E-state index in [-0.39, 0.29) is 0 Å². The highest BCUT2D eigenvalue weighted by Crippen LogP contribution is 2.46. The second-order valence-electron chi connectivity index (χ2n) is 15.4. The van der Waals surface area contributed by atoms with Crippen molar-refractivity contribution in [2.75, 3.05) is 0 Å². The third-order valence-corrected chi connectivity index (χ3v) is 11.6. The van der Waals surface area contributed by atoms with Crippen molar-refractivity contribution < 1.29 is 0 Å². The molecule has 0 N–H and O–H groups in total. The van der Waals surface area contributed by atoms with E-state index in [0.29, 0.717) is 0 Å². The molecular weight excluding hydrogens is 739 g/mol. The highest BCUT2D eigenvalue weighted by Gasteiger charge is 2.23. The Kier molecular flexibility index (Phi) is 9.18. The number of hydrogen-bond acceptors (Lipinski definition) is 2. The van der Waals surface area contributed by atoms with E-state index in [9.17, 15) is 0 Å². The molecule has 0 saturated heterocycles. The van der Waals surface area contributed by atoms with Crippen molar-refractivity contribution in [3.05, 3.63) is 237 Å². The van der Waals surface area contributed by atoms with Gasteiger partial charge in [0, 0.05) is 51.1 Å². The van der Waals surface area contributed by atoms with Gasteiger partial charge in [0.1, 0.15) is 0 Å². The zero-order valence-corrected chi connectivity index (χ0v) is 33.4. The molecular formula is C58H39N3. The lowest BCUT2D eigenvalue weighted by molar-refractivity contribution is 1.18. The Morgan fingerprint density at radius 1 is 0.295 bits per heavy atom. The fraction of sp³-hybridized carbons (Fsp3) is 0. The molecule has 11 rings (SSSR count). The smallest absolute Gasteiger partial charge is 0.0725 e. The largest absolute Gasteiger partial charge is 0.308 e. The number of aromatic nitrogens is 3. The summed E-state index contributed by atoms with van der Waals surface area (Å²) in [5.74, 6) is 0. The maximum Gasteiger partial charge on any atom is 0.0725 e. The van der Waals surface area contributed by atoms with Gasteiger partial charge in [0.2, 0.25) is 0 Å². The molecule has 0 unspecified atom stereocenters. The summed E-state index contributed by atoms with van der Waals surface area (Å²) in [7, 11) is 0. The summed E-state index contributed by atoms with van der Waals surface area (Å²) in [6, 6.07) is 80.7. The van der Waals surface area contributed by atoms with E-state index in [1.54, 1.807) is 6.20 Å². The molecule has 0 aliphatic rings. The van der Waals surface area contributed by atoms with Crippen LogP contribution in [0.5, 0.6) is 0 Å². The number of rotatable bonds is 8. The minimum atomic E-state index is 0.883. The van der Waals surface area contributed by atoms with Crippen LogP contribution in [0.3, 0.4) is 0 Å². The van der Waals surface area contributed by atoms with Crippen LogP contribution >= 0.6 is 0 Å². The summed E-state index contributed by atoms with van der Waals surface area (Å²) in [5.41, 5.74) is 18.7. The zero-order chi connectivity index (χ0) is 40.5. The van der Waals surface area contributed by atoms with E-state index in [1.165, 1.54) is 33.0 Å². The number of fused-ring (bicyclic) bond motifs is 3. The van der Waals surface area contributed by atoms with Gasteiger partial charge in [-0.3, -0.25) is 4.98 Å². The predicted octanol–water partition coefficient (Wildman–Crippen LogP) is 15.2. The molecule has 0 spiro atoms. The van der Waals surface area contributed by atoms with Crippen LogP contribution in [0.1, 0.15) is 0 Å². The van der Waals surface area contributed by atoms with Crippen molar-refractivity contribution in [1.82, 2.24) is 14.5 Å².